The molecule has 0 spiro atoms. The van der Waals surface area contributed by atoms with E-state index in [1.807, 2.05) is 0 Å². The Hall–Kier alpha value is -1.56. The molecule has 2 aromatic rings. The highest BCUT2D eigenvalue weighted by atomic mass is 14.3. The molecular formula is C22H30. The van der Waals surface area contributed by atoms with E-state index < -0.39 is 0 Å². The average Bonchev–Trinajstić information content (AvgIpc) is 2.40. The van der Waals surface area contributed by atoms with Crippen molar-refractivity contribution in [3.05, 3.63) is 69.8 Å². The minimum absolute atomic E-state index is 0.0183. The van der Waals surface area contributed by atoms with Gasteiger partial charge in [0, 0.05) is 5.41 Å². The third kappa shape index (κ3) is 3.27. The van der Waals surface area contributed by atoms with Gasteiger partial charge in [0.15, 0.2) is 0 Å². The lowest BCUT2D eigenvalue weighted by atomic mass is 9.74. The molecule has 118 valence electrons. The van der Waals surface area contributed by atoms with Crippen LogP contribution in [0.1, 0.15) is 68.0 Å². The van der Waals surface area contributed by atoms with E-state index >= 15 is 0 Å². The molecule has 0 fully saturated rings. The van der Waals surface area contributed by atoms with Gasteiger partial charge in [-0.3, -0.25) is 0 Å². The largest absolute Gasteiger partial charge is 0.0588 e. The van der Waals surface area contributed by atoms with Crippen molar-refractivity contribution in [1.82, 2.24) is 0 Å². The van der Waals surface area contributed by atoms with E-state index in [4.69, 9.17) is 0 Å². The van der Waals surface area contributed by atoms with Crippen LogP contribution in [0.2, 0.25) is 0 Å². The second-order valence-electron chi connectivity index (χ2n) is 8.26. The Morgan fingerprint density at radius 1 is 0.591 bits per heavy atom. The molecule has 2 aromatic carbocycles. The molecular weight excluding hydrogens is 264 g/mol. The maximum absolute atomic E-state index is 2.39. The number of hydrogen-bond donors (Lipinski definition) is 0. The minimum Gasteiger partial charge on any atom is -0.0588 e. The molecule has 2 rings (SSSR count). The van der Waals surface area contributed by atoms with Gasteiger partial charge in [-0.1, -0.05) is 76.6 Å². The van der Waals surface area contributed by atoms with Gasteiger partial charge in [-0.2, -0.15) is 0 Å². The third-order valence-electron chi connectivity index (χ3n) is 4.89. The van der Waals surface area contributed by atoms with Crippen molar-refractivity contribution in [3.8, 4) is 0 Å². The quantitative estimate of drug-likeness (QED) is 0.615. The molecule has 0 aliphatic heterocycles. The summed E-state index contributed by atoms with van der Waals surface area (Å²) in [6.45, 7) is 18.1. The van der Waals surface area contributed by atoms with E-state index in [1.165, 1.54) is 33.4 Å². The van der Waals surface area contributed by atoms with Gasteiger partial charge in [0.25, 0.3) is 0 Å². The maximum Gasteiger partial charge on any atom is 0.0146 e. The predicted octanol–water partition coefficient (Wildman–Crippen LogP) is 6.24. The monoisotopic (exact) mass is 294 g/mol. The summed E-state index contributed by atoms with van der Waals surface area (Å²) in [5.74, 6) is 0. The van der Waals surface area contributed by atoms with Gasteiger partial charge in [-0.15, -0.1) is 0 Å². The fourth-order valence-electron chi connectivity index (χ4n) is 2.87. The van der Waals surface area contributed by atoms with Crippen LogP contribution in [0.25, 0.3) is 0 Å². The Labute approximate surface area is 136 Å². The summed E-state index contributed by atoms with van der Waals surface area (Å²) >= 11 is 0. The molecule has 0 amide bonds. The summed E-state index contributed by atoms with van der Waals surface area (Å²) in [7, 11) is 0. The number of hydrogen-bond acceptors (Lipinski definition) is 0. The summed E-state index contributed by atoms with van der Waals surface area (Å²) in [5.41, 5.74) is 8.48. The minimum atomic E-state index is 0.0183. The van der Waals surface area contributed by atoms with E-state index in [0.717, 1.165) is 0 Å². The fourth-order valence-corrected chi connectivity index (χ4v) is 2.87. The first-order valence-electron chi connectivity index (χ1n) is 8.22. The first kappa shape index (κ1) is 16.8. The molecule has 0 unspecified atom stereocenters. The molecule has 0 heteroatoms. The van der Waals surface area contributed by atoms with Crippen molar-refractivity contribution in [3.63, 3.8) is 0 Å². The van der Waals surface area contributed by atoms with Crippen LogP contribution in [0, 0.1) is 20.8 Å². The Morgan fingerprint density at radius 2 is 1.18 bits per heavy atom. The molecule has 0 atom stereocenters. The molecule has 0 bridgehead atoms. The number of benzene rings is 2. The van der Waals surface area contributed by atoms with E-state index in [0.29, 0.717) is 0 Å². The smallest absolute Gasteiger partial charge is 0.0146 e. The number of aryl methyl sites for hydroxylation is 3. The molecule has 0 aliphatic rings. The van der Waals surface area contributed by atoms with Crippen LogP contribution in [0.4, 0.5) is 0 Å². The highest BCUT2D eigenvalue weighted by Crippen LogP contribution is 2.35. The molecule has 0 N–H and O–H groups in total. The Morgan fingerprint density at radius 3 is 1.73 bits per heavy atom. The Bertz CT molecular complexity index is 682. The van der Waals surface area contributed by atoms with Gasteiger partial charge < -0.3 is 0 Å². The second-order valence-corrected chi connectivity index (χ2v) is 8.26. The van der Waals surface area contributed by atoms with Crippen molar-refractivity contribution < 1.29 is 0 Å². The number of rotatable bonds is 2. The molecule has 22 heavy (non-hydrogen) atoms. The van der Waals surface area contributed by atoms with Gasteiger partial charge in [0.1, 0.15) is 0 Å². The normalized spacial score (nSPS) is 12.5. The zero-order valence-electron chi connectivity index (χ0n) is 15.5. The highest BCUT2D eigenvalue weighted by molar-refractivity contribution is 5.45. The Kier molecular flexibility index (Phi) is 4.26. The van der Waals surface area contributed by atoms with Crippen LogP contribution in [-0.4, -0.2) is 0 Å². The summed E-state index contributed by atoms with van der Waals surface area (Å²) in [6, 6.07) is 13.9. The zero-order valence-corrected chi connectivity index (χ0v) is 15.5. The van der Waals surface area contributed by atoms with Gasteiger partial charge in [-0.05, 0) is 54.0 Å². The standard InChI is InChI=1S/C22H30/c1-15-11-19(21(4,5)6)14-20(12-15)22(7,8)18-10-9-16(2)17(3)13-18/h9-14H,1-8H3. The van der Waals surface area contributed by atoms with Crippen LogP contribution in [0.3, 0.4) is 0 Å². The van der Waals surface area contributed by atoms with E-state index in [-0.39, 0.29) is 10.8 Å². The second kappa shape index (κ2) is 5.57. The van der Waals surface area contributed by atoms with Crippen LogP contribution >= 0.6 is 0 Å². The van der Waals surface area contributed by atoms with E-state index in [9.17, 15) is 0 Å². The lowest BCUT2D eigenvalue weighted by Gasteiger charge is -2.30. The lowest BCUT2D eigenvalue weighted by molar-refractivity contribution is 0.581. The predicted molar refractivity (Wildman–Crippen MR) is 97.9 cm³/mol. The topological polar surface area (TPSA) is 0 Å². The maximum atomic E-state index is 2.39. The summed E-state index contributed by atoms with van der Waals surface area (Å²) < 4.78 is 0. The molecule has 0 saturated carbocycles. The van der Waals surface area contributed by atoms with Crippen molar-refractivity contribution in [2.75, 3.05) is 0 Å². The van der Waals surface area contributed by atoms with Crippen LogP contribution in [0.15, 0.2) is 36.4 Å². The Balaban J connectivity index is 2.57. The SMILES string of the molecule is Cc1cc(C(C)(C)C)cc(C(C)(C)c2ccc(C)c(C)c2)c1. The molecule has 0 heterocycles. The zero-order chi connectivity index (χ0) is 16.7. The highest BCUT2D eigenvalue weighted by Gasteiger charge is 2.25. The van der Waals surface area contributed by atoms with Gasteiger partial charge >= 0.3 is 0 Å². The molecule has 0 aliphatic carbocycles. The molecule has 0 nitrogen and oxygen atoms in total. The first-order chi connectivity index (χ1) is 10.0. The summed E-state index contributed by atoms with van der Waals surface area (Å²) in [6.07, 6.45) is 0. The average molecular weight is 294 g/mol. The van der Waals surface area contributed by atoms with Crippen LogP contribution in [0.5, 0.6) is 0 Å². The first-order valence-corrected chi connectivity index (χ1v) is 8.22. The van der Waals surface area contributed by atoms with Crippen molar-refractivity contribution in [2.24, 2.45) is 0 Å². The van der Waals surface area contributed by atoms with Crippen molar-refractivity contribution in [1.29, 1.82) is 0 Å². The van der Waals surface area contributed by atoms with Crippen molar-refractivity contribution in [2.45, 2.75) is 66.2 Å². The van der Waals surface area contributed by atoms with E-state index in [1.54, 1.807) is 0 Å². The van der Waals surface area contributed by atoms with Crippen molar-refractivity contribution >= 4 is 0 Å². The molecule has 0 aromatic heterocycles. The van der Waals surface area contributed by atoms with E-state index in [2.05, 4.69) is 91.8 Å². The summed E-state index contributed by atoms with van der Waals surface area (Å²) in [4.78, 5) is 0. The lowest BCUT2D eigenvalue weighted by Crippen LogP contribution is -2.21. The third-order valence-corrected chi connectivity index (χ3v) is 4.89. The van der Waals surface area contributed by atoms with Crippen LogP contribution in [-0.2, 0) is 10.8 Å². The summed E-state index contributed by atoms with van der Waals surface area (Å²) in [5, 5.41) is 0. The van der Waals surface area contributed by atoms with Gasteiger partial charge in [0.05, 0.1) is 0 Å². The van der Waals surface area contributed by atoms with Crippen LogP contribution < -0.4 is 0 Å². The van der Waals surface area contributed by atoms with Gasteiger partial charge in [-0.25, -0.2) is 0 Å². The van der Waals surface area contributed by atoms with Gasteiger partial charge in [0.2, 0.25) is 0 Å². The molecule has 0 saturated heterocycles. The molecule has 0 radical (unpaired) electrons. The fraction of sp³-hybridized carbons (Fsp3) is 0.455.